The van der Waals surface area contributed by atoms with Crippen LogP contribution in [0.15, 0.2) is 24.3 Å². The van der Waals surface area contributed by atoms with E-state index in [0.29, 0.717) is 23.8 Å². The molecule has 0 radical (unpaired) electrons. The van der Waals surface area contributed by atoms with Gasteiger partial charge in [0.2, 0.25) is 5.91 Å². The van der Waals surface area contributed by atoms with E-state index in [4.69, 9.17) is 4.74 Å². The van der Waals surface area contributed by atoms with Crippen molar-refractivity contribution in [3.05, 3.63) is 29.8 Å². The summed E-state index contributed by atoms with van der Waals surface area (Å²) in [7, 11) is 0. The summed E-state index contributed by atoms with van der Waals surface area (Å²) in [6.45, 7) is 2.21. The molecule has 144 valence electrons. The highest BCUT2D eigenvalue weighted by Gasteiger charge is 2.61. The molecule has 6 rings (SSSR count). The van der Waals surface area contributed by atoms with E-state index in [-0.39, 0.29) is 29.1 Å². The maximum Gasteiger partial charge on any atom is 0.258 e. The minimum Gasteiger partial charge on any atom is -0.467 e. The van der Waals surface area contributed by atoms with Crippen molar-refractivity contribution in [3.8, 4) is 5.75 Å². The molecule has 1 spiro atoms. The molecule has 27 heavy (non-hydrogen) atoms. The zero-order valence-corrected chi connectivity index (χ0v) is 15.9. The van der Waals surface area contributed by atoms with Crippen molar-refractivity contribution >= 4 is 11.8 Å². The van der Waals surface area contributed by atoms with E-state index in [1.54, 1.807) is 6.07 Å². The van der Waals surface area contributed by atoms with Crippen molar-refractivity contribution in [1.29, 1.82) is 0 Å². The third-order valence-electron chi connectivity index (χ3n) is 7.52. The van der Waals surface area contributed by atoms with Crippen LogP contribution in [0.3, 0.4) is 0 Å². The summed E-state index contributed by atoms with van der Waals surface area (Å²) in [4.78, 5) is 25.8. The van der Waals surface area contributed by atoms with Gasteiger partial charge >= 0.3 is 0 Å². The van der Waals surface area contributed by atoms with Crippen molar-refractivity contribution in [2.45, 2.75) is 70.1 Å². The fraction of sp³-hybridized carbons (Fsp3) is 0.636. The fourth-order valence-electron chi connectivity index (χ4n) is 6.03. The number of carbonyl (C=O) groups is 2. The first-order valence-electron chi connectivity index (χ1n) is 10.4. The summed E-state index contributed by atoms with van der Waals surface area (Å²) in [5.41, 5.74) is -0.204. The van der Waals surface area contributed by atoms with E-state index in [1.165, 1.54) is 12.8 Å². The second kappa shape index (κ2) is 5.98. The monoisotopic (exact) mass is 368 g/mol. The Morgan fingerprint density at radius 1 is 1.22 bits per heavy atom. The number of carbonyl (C=O) groups excluding carboxylic acids is 2. The number of nitrogens with one attached hydrogen (secondary N) is 2. The Balaban J connectivity index is 1.39. The quantitative estimate of drug-likeness (QED) is 0.841. The molecule has 4 atom stereocenters. The van der Waals surface area contributed by atoms with Gasteiger partial charge in [-0.15, -0.1) is 0 Å². The van der Waals surface area contributed by atoms with E-state index in [2.05, 4.69) is 17.6 Å². The maximum absolute atomic E-state index is 13.0. The lowest BCUT2D eigenvalue weighted by molar-refractivity contribution is -0.167. The molecule has 1 heterocycles. The molecule has 1 aliphatic heterocycles. The van der Waals surface area contributed by atoms with Crippen molar-refractivity contribution in [3.63, 3.8) is 0 Å². The summed E-state index contributed by atoms with van der Waals surface area (Å²) < 4.78 is 6.43. The third-order valence-corrected chi connectivity index (χ3v) is 7.52. The van der Waals surface area contributed by atoms with Gasteiger partial charge in [-0.2, -0.15) is 0 Å². The van der Waals surface area contributed by atoms with Gasteiger partial charge in [-0.25, -0.2) is 0 Å². The topological polar surface area (TPSA) is 67.4 Å². The van der Waals surface area contributed by atoms with Crippen LogP contribution < -0.4 is 15.4 Å². The molecule has 0 aromatic heterocycles. The number of fused-ring (bicyclic) bond motifs is 3. The Kier molecular flexibility index (Phi) is 3.78. The Hall–Kier alpha value is -2.04. The van der Waals surface area contributed by atoms with Gasteiger partial charge in [0.1, 0.15) is 5.75 Å². The van der Waals surface area contributed by atoms with Crippen LogP contribution in [-0.2, 0) is 4.79 Å². The lowest BCUT2D eigenvalue weighted by Gasteiger charge is -2.59. The summed E-state index contributed by atoms with van der Waals surface area (Å²) in [5, 5.41) is 6.49. The Morgan fingerprint density at radius 3 is 2.78 bits per heavy atom. The smallest absolute Gasteiger partial charge is 0.258 e. The molecule has 4 aliphatic carbocycles. The van der Waals surface area contributed by atoms with Crippen LogP contribution in [0.4, 0.5) is 0 Å². The highest BCUT2D eigenvalue weighted by molar-refractivity contribution is 5.98. The molecule has 2 N–H and O–H groups in total. The van der Waals surface area contributed by atoms with E-state index in [9.17, 15) is 9.59 Å². The second-order valence-corrected chi connectivity index (χ2v) is 9.29. The number of benzene rings is 1. The number of hydrogen-bond donors (Lipinski definition) is 2. The largest absolute Gasteiger partial charge is 0.467 e. The van der Waals surface area contributed by atoms with Gasteiger partial charge < -0.3 is 15.4 Å². The number of ether oxygens (including phenoxy) is 1. The fourth-order valence-corrected chi connectivity index (χ4v) is 6.03. The van der Waals surface area contributed by atoms with Gasteiger partial charge in [0.15, 0.2) is 5.72 Å². The molecule has 5 heteroatoms. The molecule has 1 aromatic rings. The van der Waals surface area contributed by atoms with Crippen LogP contribution in [-0.4, -0.2) is 23.6 Å². The van der Waals surface area contributed by atoms with Gasteiger partial charge in [-0.1, -0.05) is 31.9 Å². The normalized spacial score (nSPS) is 37.6. The molecule has 1 aromatic carbocycles. The molecule has 4 fully saturated rings. The average molecular weight is 368 g/mol. The van der Waals surface area contributed by atoms with E-state index in [0.717, 1.165) is 32.1 Å². The van der Waals surface area contributed by atoms with Crippen LogP contribution >= 0.6 is 0 Å². The van der Waals surface area contributed by atoms with E-state index < -0.39 is 5.72 Å². The van der Waals surface area contributed by atoms with Crippen LogP contribution in [0.2, 0.25) is 0 Å². The molecule has 5 aliphatic rings. The summed E-state index contributed by atoms with van der Waals surface area (Å²) in [6, 6.07) is 7.81. The minimum atomic E-state index is -0.664. The van der Waals surface area contributed by atoms with Crippen molar-refractivity contribution < 1.29 is 14.3 Å². The molecule has 4 saturated carbocycles. The average Bonchev–Trinajstić information content (AvgIpc) is 3.14. The van der Waals surface area contributed by atoms with Gasteiger partial charge in [0.25, 0.3) is 5.91 Å². The maximum atomic E-state index is 13.0. The molecule has 0 saturated heterocycles. The minimum absolute atomic E-state index is 0.0140. The first-order valence-corrected chi connectivity index (χ1v) is 10.4. The summed E-state index contributed by atoms with van der Waals surface area (Å²) in [5.74, 6) is 1.02. The van der Waals surface area contributed by atoms with Gasteiger partial charge in [-0.05, 0) is 49.7 Å². The van der Waals surface area contributed by atoms with Crippen molar-refractivity contribution in [2.75, 3.05) is 0 Å². The highest BCUT2D eigenvalue weighted by Crippen LogP contribution is 2.58. The summed E-state index contributed by atoms with van der Waals surface area (Å²) >= 11 is 0. The SMILES string of the molecule is C[C@@]12CC[C@@H](C[C@@H]1C(=O)NC1CCCC1)[C@@]1(C2)NC(=O)c2ccccc2O1. The molecule has 0 unspecified atom stereocenters. The first-order chi connectivity index (χ1) is 13.0. The predicted molar refractivity (Wildman–Crippen MR) is 101 cm³/mol. The van der Waals surface area contributed by atoms with Gasteiger partial charge in [0.05, 0.1) is 5.56 Å². The Morgan fingerprint density at radius 2 is 2.00 bits per heavy atom. The zero-order valence-electron chi connectivity index (χ0n) is 15.9. The van der Waals surface area contributed by atoms with Gasteiger partial charge in [-0.3, -0.25) is 9.59 Å². The molecule has 2 amide bonds. The van der Waals surface area contributed by atoms with E-state index in [1.807, 2.05) is 18.2 Å². The number of para-hydroxylation sites is 1. The van der Waals surface area contributed by atoms with Crippen molar-refractivity contribution in [1.82, 2.24) is 10.6 Å². The molecular formula is C22H28N2O3. The number of rotatable bonds is 2. The molecule has 2 bridgehead atoms. The van der Waals surface area contributed by atoms with Crippen LogP contribution in [0.1, 0.15) is 68.6 Å². The lowest BCUT2D eigenvalue weighted by Crippen LogP contribution is -2.69. The zero-order chi connectivity index (χ0) is 18.6. The molecular weight excluding hydrogens is 340 g/mol. The van der Waals surface area contributed by atoms with Crippen LogP contribution in [0, 0.1) is 17.3 Å². The highest BCUT2D eigenvalue weighted by atomic mass is 16.5. The number of hydrogen-bond acceptors (Lipinski definition) is 3. The van der Waals surface area contributed by atoms with E-state index >= 15 is 0 Å². The van der Waals surface area contributed by atoms with Crippen LogP contribution in [0.25, 0.3) is 0 Å². The molecule has 5 nitrogen and oxygen atoms in total. The Bertz CT molecular complexity index is 788. The second-order valence-electron chi connectivity index (χ2n) is 9.29. The van der Waals surface area contributed by atoms with Crippen molar-refractivity contribution in [2.24, 2.45) is 17.3 Å². The first kappa shape index (κ1) is 17.1. The lowest BCUT2D eigenvalue weighted by atomic mass is 9.52. The standard InChI is InChI=1S/C22H28N2O3/c1-21-11-10-14(12-17(21)20(26)23-15-6-2-3-7-15)22(13-21)24-19(25)16-8-4-5-9-18(16)27-22/h4-5,8-9,14-15,17H,2-3,6-7,10-13H2,1H3,(H,23,26)(H,24,25)/t14-,17+,21-,22-/m0/s1. The van der Waals surface area contributed by atoms with Crippen LogP contribution in [0.5, 0.6) is 5.75 Å². The van der Waals surface area contributed by atoms with Gasteiger partial charge in [0, 0.05) is 24.3 Å². The third kappa shape index (κ3) is 2.66. The summed E-state index contributed by atoms with van der Waals surface area (Å²) in [6.07, 6.45) is 8.16. The number of amides is 2. The predicted octanol–water partition coefficient (Wildman–Crippen LogP) is 3.39. The Labute approximate surface area is 160 Å².